The normalized spacial score (nSPS) is 10.7. The maximum Gasteiger partial charge on any atom is 0.236 e. The number of amides is 1. The molecule has 3 aromatic heterocycles. The highest BCUT2D eigenvalue weighted by Gasteiger charge is 2.21. The molecule has 0 saturated carbocycles. The predicted octanol–water partition coefficient (Wildman–Crippen LogP) is 3.73. The van der Waals surface area contributed by atoms with Crippen molar-refractivity contribution in [3.63, 3.8) is 0 Å². The molecule has 1 aromatic carbocycles. The molecule has 0 aliphatic heterocycles. The molecule has 0 aliphatic rings. The topological polar surface area (TPSA) is 115 Å². The van der Waals surface area contributed by atoms with Crippen LogP contribution in [0.4, 0.5) is 5.82 Å². The zero-order chi connectivity index (χ0) is 22.0. The third kappa shape index (κ3) is 3.93. The van der Waals surface area contributed by atoms with Gasteiger partial charge in [-0.1, -0.05) is 36.0 Å². The number of hydrogen-bond donors (Lipinski definition) is 2. The number of thioether (sulfide) groups is 1. The number of anilines is 1. The highest BCUT2D eigenvalue weighted by molar-refractivity contribution is 7.99. The maximum absolute atomic E-state index is 12.8. The molecule has 0 aliphatic carbocycles. The number of nitrogens with two attached hydrogens (primary N) is 1. The molecule has 3 N–H and O–H groups in total. The van der Waals surface area contributed by atoms with Crippen molar-refractivity contribution in [2.45, 2.75) is 19.0 Å². The molecule has 0 radical (unpaired) electrons. The van der Waals surface area contributed by atoms with E-state index in [4.69, 9.17) is 5.84 Å². The number of nitrogens with one attached hydrogen (secondary N) is 1. The first-order valence-corrected chi connectivity index (χ1v) is 11.2. The summed E-state index contributed by atoms with van der Waals surface area (Å²) in [5, 5.41) is 23.1. The van der Waals surface area contributed by atoms with Crippen LogP contribution in [0.25, 0.3) is 16.4 Å². The highest BCUT2D eigenvalue weighted by atomic mass is 32.2. The summed E-state index contributed by atoms with van der Waals surface area (Å²) in [6.45, 7) is 3.80. The van der Waals surface area contributed by atoms with Crippen LogP contribution in [0.2, 0.25) is 0 Å². The summed E-state index contributed by atoms with van der Waals surface area (Å²) in [6, 6.07) is 15.6. The fraction of sp³-hybridized carbons (Fsp3) is 0.143. The molecule has 0 fully saturated rings. The number of thiophene rings is 1. The molecule has 8 nitrogen and oxygen atoms in total. The number of aromatic nitrogens is 4. The van der Waals surface area contributed by atoms with Gasteiger partial charge in [-0.05, 0) is 43.0 Å². The van der Waals surface area contributed by atoms with E-state index in [9.17, 15) is 10.1 Å². The number of nitrogen functional groups attached to an aromatic ring is 1. The number of nitriles is 1. The SMILES string of the molecule is Cc1c(C#N)c(NC(=O)CSc2nnc(-c3cccs3)n2N)n(-c2ccccc2)c1C. The van der Waals surface area contributed by atoms with Crippen molar-refractivity contribution in [1.82, 2.24) is 19.4 Å². The van der Waals surface area contributed by atoms with E-state index in [2.05, 4.69) is 21.6 Å². The summed E-state index contributed by atoms with van der Waals surface area (Å²) >= 11 is 2.70. The highest BCUT2D eigenvalue weighted by Crippen LogP contribution is 2.30. The molecule has 4 rings (SSSR count). The second kappa shape index (κ2) is 8.67. The lowest BCUT2D eigenvalue weighted by Crippen LogP contribution is -2.19. The largest absolute Gasteiger partial charge is 0.335 e. The molecule has 0 unspecified atom stereocenters. The monoisotopic (exact) mass is 449 g/mol. The van der Waals surface area contributed by atoms with Crippen molar-refractivity contribution >= 4 is 34.8 Å². The van der Waals surface area contributed by atoms with Gasteiger partial charge in [-0.15, -0.1) is 21.5 Å². The first-order chi connectivity index (χ1) is 15.0. The second-order valence-electron chi connectivity index (χ2n) is 6.71. The van der Waals surface area contributed by atoms with Crippen molar-refractivity contribution in [2.24, 2.45) is 0 Å². The second-order valence-corrected chi connectivity index (χ2v) is 8.60. The van der Waals surface area contributed by atoms with E-state index >= 15 is 0 Å². The van der Waals surface area contributed by atoms with Crippen LogP contribution in [0.1, 0.15) is 16.8 Å². The summed E-state index contributed by atoms with van der Waals surface area (Å²) < 4.78 is 3.27. The van der Waals surface area contributed by atoms with Gasteiger partial charge in [0, 0.05) is 11.4 Å². The van der Waals surface area contributed by atoms with E-state index in [0.29, 0.717) is 22.4 Å². The lowest BCUT2D eigenvalue weighted by molar-refractivity contribution is -0.113. The van der Waals surface area contributed by atoms with Gasteiger partial charge in [0.2, 0.25) is 11.1 Å². The lowest BCUT2D eigenvalue weighted by Gasteiger charge is -2.13. The smallest absolute Gasteiger partial charge is 0.236 e. The molecule has 31 heavy (non-hydrogen) atoms. The molecule has 0 saturated heterocycles. The van der Waals surface area contributed by atoms with E-state index in [1.165, 1.54) is 27.8 Å². The number of carbonyl (C=O) groups is 1. The third-order valence-corrected chi connectivity index (χ3v) is 6.64. The summed E-state index contributed by atoms with van der Waals surface area (Å²) in [4.78, 5) is 13.7. The first-order valence-electron chi connectivity index (χ1n) is 9.35. The van der Waals surface area contributed by atoms with Crippen LogP contribution >= 0.6 is 23.1 Å². The number of hydrogen-bond acceptors (Lipinski definition) is 7. The van der Waals surface area contributed by atoms with Crippen molar-refractivity contribution in [1.29, 1.82) is 5.26 Å². The van der Waals surface area contributed by atoms with Crippen molar-refractivity contribution in [3.8, 4) is 22.5 Å². The molecule has 0 spiro atoms. The van der Waals surface area contributed by atoms with E-state index in [1.54, 1.807) is 0 Å². The Labute approximate surface area is 187 Å². The number of para-hydroxylation sites is 1. The van der Waals surface area contributed by atoms with Gasteiger partial charge < -0.3 is 11.2 Å². The summed E-state index contributed by atoms with van der Waals surface area (Å²) in [7, 11) is 0. The Kier molecular flexibility index (Phi) is 5.79. The minimum atomic E-state index is -0.267. The maximum atomic E-state index is 12.8. The average molecular weight is 450 g/mol. The Morgan fingerprint density at radius 2 is 2.00 bits per heavy atom. The van der Waals surface area contributed by atoms with E-state index in [-0.39, 0.29) is 11.7 Å². The first kappa shape index (κ1) is 20.7. The number of carbonyl (C=O) groups excluding carboxylic acids is 1. The molecule has 156 valence electrons. The van der Waals surface area contributed by atoms with Gasteiger partial charge in [0.15, 0.2) is 5.82 Å². The summed E-state index contributed by atoms with van der Waals surface area (Å²) in [5.74, 6) is 6.92. The van der Waals surface area contributed by atoms with Crippen LogP contribution in [-0.2, 0) is 4.79 Å². The summed E-state index contributed by atoms with van der Waals surface area (Å²) in [6.07, 6.45) is 0. The lowest BCUT2D eigenvalue weighted by atomic mass is 10.2. The van der Waals surface area contributed by atoms with Gasteiger partial charge in [0.1, 0.15) is 11.9 Å². The van der Waals surface area contributed by atoms with E-state index < -0.39 is 0 Å². The van der Waals surface area contributed by atoms with Gasteiger partial charge in [-0.25, -0.2) is 4.68 Å². The van der Waals surface area contributed by atoms with Crippen molar-refractivity contribution < 1.29 is 4.79 Å². The zero-order valence-electron chi connectivity index (χ0n) is 16.9. The van der Waals surface area contributed by atoms with E-state index in [1.807, 2.05) is 66.3 Å². The Hall–Kier alpha value is -3.55. The minimum absolute atomic E-state index is 0.0721. The van der Waals surface area contributed by atoms with Crippen LogP contribution in [-0.4, -0.2) is 31.1 Å². The Morgan fingerprint density at radius 3 is 2.68 bits per heavy atom. The quantitative estimate of drug-likeness (QED) is 0.342. The van der Waals surface area contributed by atoms with Crippen LogP contribution in [0.15, 0.2) is 53.0 Å². The molecule has 3 heterocycles. The van der Waals surface area contributed by atoms with Crippen molar-refractivity contribution in [2.75, 3.05) is 16.9 Å². The van der Waals surface area contributed by atoms with Gasteiger partial charge in [-0.2, -0.15) is 5.26 Å². The molecular formula is C21H19N7OS2. The number of nitrogens with zero attached hydrogens (tertiary/aromatic N) is 5. The standard InChI is InChI=1S/C21H19N7OS2/c1-13-14(2)27(15-7-4-3-5-8-15)19(16(13)11-22)24-18(29)12-31-21-26-25-20(28(21)23)17-9-6-10-30-17/h3-10H,12,23H2,1-2H3,(H,24,29). The zero-order valence-corrected chi connectivity index (χ0v) is 18.5. The van der Waals surface area contributed by atoms with E-state index in [0.717, 1.165) is 21.8 Å². The van der Waals surface area contributed by atoms with Crippen LogP contribution in [0, 0.1) is 25.2 Å². The Balaban J connectivity index is 1.55. The summed E-state index contributed by atoms with van der Waals surface area (Å²) in [5.41, 5.74) is 3.04. The number of rotatable bonds is 6. The third-order valence-electron chi connectivity index (χ3n) is 4.84. The number of benzene rings is 1. The fourth-order valence-corrected chi connectivity index (χ4v) is 4.57. The molecule has 10 heteroatoms. The average Bonchev–Trinajstić information content (AvgIpc) is 3.47. The molecule has 4 aromatic rings. The Morgan fingerprint density at radius 1 is 1.23 bits per heavy atom. The minimum Gasteiger partial charge on any atom is -0.335 e. The van der Waals surface area contributed by atoms with Gasteiger partial charge in [0.25, 0.3) is 0 Å². The fourth-order valence-electron chi connectivity index (χ4n) is 3.21. The van der Waals surface area contributed by atoms with Crippen LogP contribution in [0.5, 0.6) is 0 Å². The van der Waals surface area contributed by atoms with Gasteiger partial charge in [0.05, 0.1) is 16.2 Å². The molecule has 1 amide bonds. The van der Waals surface area contributed by atoms with Crippen LogP contribution in [0.3, 0.4) is 0 Å². The molecular weight excluding hydrogens is 430 g/mol. The van der Waals surface area contributed by atoms with Crippen molar-refractivity contribution in [3.05, 3.63) is 64.7 Å². The van der Waals surface area contributed by atoms with Crippen LogP contribution < -0.4 is 11.2 Å². The predicted molar refractivity (Wildman–Crippen MR) is 123 cm³/mol. The molecule has 0 bridgehead atoms. The van der Waals surface area contributed by atoms with Gasteiger partial charge >= 0.3 is 0 Å². The van der Waals surface area contributed by atoms with Gasteiger partial charge in [-0.3, -0.25) is 9.36 Å². The Bertz CT molecular complexity index is 1270. The molecule has 0 atom stereocenters.